The molecule has 0 spiro atoms. The van der Waals surface area contributed by atoms with E-state index in [0.29, 0.717) is 18.2 Å². The van der Waals surface area contributed by atoms with E-state index in [1.807, 2.05) is 38.1 Å². The number of nitrogens with one attached hydrogen (secondary N) is 2. The predicted molar refractivity (Wildman–Crippen MR) is 120 cm³/mol. The summed E-state index contributed by atoms with van der Waals surface area (Å²) in [6.07, 6.45) is 3.45. The smallest absolute Gasteiger partial charge is 0.330 e. The molecule has 152 valence electrons. The molecule has 0 saturated heterocycles. The normalized spacial score (nSPS) is 10.7. The van der Waals surface area contributed by atoms with E-state index in [1.165, 1.54) is 4.57 Å². The zero-order chi connectivity index (χ0) is 20.7. The molecule has 0 aliphatic carbocycles. The van der Waals surface area contributed by atoms with Gasteiger partial charge in [-0.15, -0.1) is 0 Å². The van der Waals surface area contributed by atoms with Crippen molar-refractivity contribution in [3.8, 4) is 0 Å². The third-order valence-corrected chi connectivity index (χ3v) is 4.91. The van der Waals surface area contributed by atoms with Crippen LogP contribution >= 0.6 is 12.2 Å². The Bertz CT molecular complexity index is 935. The Hall–Kier alpha value is -2.61. The summed E-state index contributed by atoms with van der Waals surface area (Å²) in [6.45, 7) is 7.04. The molecule has 0 atom stereocenters. The van der Waals surface area contributed by atoms with E-state index in [0.717, 1.165) is 36.9 Å². The van der Waals surface area contributed by atoms with Crippen LogP contribution in [0, 0.1) is 6.92 Å². The molecule has 28 heavy (non-hydrogen) atoms. The molecule has 0 radical (unpaired) electrons. The number of rotatable bonds is 8. The summed E-state index contributed by atoms with van der Waals surface area (Å²) in [5.74, 6) is 0.146. The van der Waals surface area contributed by atoms with Gasteiger partial charge in [0.1, 0.15) is 5.82 Å². The van der Waals surface area contributed by atoms with Crippen LogP contribution in [0.25, 0.3) is 0 Å². The Balaban J connectivity index is 2.47. The number of aromatic nitrogens is 2. The third-order valence-electron chi connectivity index (χ3n) is 4.59. The Morgan fingerprint density at radius 2 is 1.89 bits per heavy atom. The van der Waals surface area contributed by atoms with Crippen molar-refractivity contribution in [2.75, 3.05) is 22.5 Å². The lowest BCUT2D eigenvalue weighted by Gasteiger charge is -2.27. The molecule has 4 N–H and O–H groups in total. The standard InChI is InChI=1S/C20H29N5O2S/c1-4-6-12-24(20(28)22-15-11-9-8-10-14(15)3)16-17(21)25(13-7-5-2)19(27)23-18(16)26/h8-11H,4-7,12-13,21H2,1-3H3,(H,22,28)(H,23,26,27). The number of nitrogens with two attached hydrogens (primary N) is 1. The van der Waals surface area contributed by atoms with Crippen LogP contribution < -0.4 is 27.2 Å². The Morgan fingerprint density at radius 3 is 2.54 bits per heavy atom. The van der Waals surface area contributed by atoms with Crippen molar-refractivity contribution in [3.05, 3.63) is 50.7 Å². The lowest BCUT2D eigenvalue weighted by molar-refractivity contribution is 0.604. The van der Waals surface area contributed by atoms with Gasteiger partial charge in [0.2, 0.25) is 0 Å². The molecule has 2 rings (SSSR count). The van der Waals surface area contributed by atoms with E-state index in [4.69, 9.17) is 18.0 Å². The number of hydrogen-bond donors (Lipinski definition) is 3. The number of para-hydroxylation sites is 1. The van der Waals surface area contributed by atoms with Crippen LogP contribution in [0.1, 0.15) is 45.1 Å². The van der Waals surface area contributed by atoms with Crippen molar-refractivity contribution >= 4 is 34.5 Å². The van der Waals surface area contributed by atoms with Crippen LogP contribution in [0.3, 0.4) is 0 Å². The van der Waals surface area contributed by atoms with Gasteiger partial charge in [0, 0.05) is 18.8 Å². The molecule has 1 aromatic heterocycles. The maximum atomic E-state index is 12.6. The van der Waals surface area contributed by atoms with Crippen molar-refractivity contribution in [3.63, 3.8) is 0 Å². The number of H-pyrrole nitrogens is 1. The Morgan fingerprint density at radius 1 is 1.21 bits per heavy atom. The molecule has 0 fully saturated rings. The first-order valence-electron chi connectivity index (χ1n) is 9.67. The SMILES string of the molecule is CCCCN(C(=S)Nc1ccccc1C)c1c(N)n(CCCC)c(=O)[nH]c1=O. The highest BCUT2D eigenvalue weighted by Gasteiger charge is 2.22. The molecule has 1 heterocycles. The molecule has 7 nitrogen and oxygen atoms in total. The van der Waals surface area contributed by atoms with Gasteiger partial charge >= 0.3 is 5.69 Å². The van der Waals surface area contributed by atoms with E-state index >= 15 is 0 Å². The first-order valence-corrected chi connectivity index (χ1v) is 10.1. The summed E-state index contributed by atoms with van der Waals surface area (Å²) in [5.41, 5.74) is 7.37. The van der Waals surface area contributed by atoms with E-state index in [2.05, 4.69) is 17.2 Å². The average molecular weight is 404 g/mol. The summed E-state index contributed by atoms with van der Waals surface area (Å²) in [4.78, 5) is 28.9. The minimum Gasteiger partial charge on any atom is -0.383 e. The highest BCUT2D eigenvalue weighted by atomic mass is 32.1. The summed E-state index contributed by atoms with van der Waals surface area (Å²) in [6, 6.07) is 7.77. The highest BCUT2D eigenvalue weighted by molar-refractivity contribution is 7.80. The molecular formula is C20H29N5O2S. The molecule has 0 aliphatic rings. The fraction of sp³-hybridized carbons (Fsp3) is 0.450. The lowest BCUT2D eigenvalue weighted by Crippen LogP contribution is -2.43. The second kappa shape index (κ2) is 10.1. The van der Waals surface area contributed by atoms with Gasteiger partial charge in [0.15, 0.2) is 10.8 Å². The maximum Gasteiger partial charge on any atom is 0.330 e. The predicted octanol–water partition coefficient (Wildman–Crippen LogP) is 3.23. The Kier molecular flexibility index (Phi) is 7.80. The molecule has 0 amide bonds. The zero-order valence-electron chi connectivity index (χ0n) is 16.7. The van der Waals surface area contributed by atoms with E-state index in [9.17, 15) is 9.59 Å². The number of unbranched alkanes of at least 4 members (excludes halogenated alkanes) is 2. The van der Waals surface area contributed by atoms with Crippen molar-refractivity contribution in [2.45, 2.75) is 53.0 Å². The number of hydrogen-bond acceptors (Lipinski definition) is 4. The first kappa shape index (κ1) is 21.7. The molecular weight excluding hydrogens is 374 g/mol. The number of aromatic amines is 1. The van der Waals surface area contributed by atoms with Crippen LogP contribution in [0.4, 0.5) is 17.2 Å². The van der Waals surface area contributed by atoms with Gasteiger partial charge in [-0.3, -0.25) is 14.3 Å². The molecule has 2 aromatic rings. The van der Waals surface area contributed by atoms with E-state index in [1.54, 1.807) is 4.90 Å². The van der Waals surface area contributed by atoms with Crippen LogP contribution in [0.15, 0.2) is 33.9 Å². The van der Waals surface area contributed by atoms with Crippen LogP contribution in [-0.4, -0.2) is 21.2 Å². The van der Waals surface area contributed by atoms with Crippen molar-refractivity contribution in [1.29, 1.82) is 0 Å². The molecule has 0 unspecified atom stereocenters. The van der Waals surface area contributed by atoms with Gasteiger partial charge in [-0.1, -0.05) is 44.9 Å². The number of anilines is 3. The lowest BCUT2D eigenvalue weighted by atomic mass is 10.2. The topological polar surface area (TPSA) is 96.2 Å². The zero-order valence-corrected chi connectivity index (χ0v) is 17.6. The van der Waals surface area contributed by atoms with Crippen LogP contribution in [0.2, 0.25) is 0 Å². The average Bonchev–Trinajstić information content (AvgIpc) is 2.65. The summed E-state index contributed by atoms with van der Waals surface area (Å²) in [5, 5.41) is 3.59. The van der Waals surface area contributed by atoms with Gasteiger partial charge in [-0.05, 0) is 43.6 Å². The second-order valence-electron chi connectivity index (χ2n) is 6.75. The molecule has 8 heteroatoms. The Labute approximate surface area is 170 Å². The summed E-state index contributed by atoms with van der Waals surface area (Å²) in [7, 11) is 0. The highest BCUT2D eigenvalue weighted by Crippen LogP contribution is 2.21. The number of benzene rings is 1. The maximum absolute atomic E-state index is 12.6. The van der Waals surface area contributed by atoms with E-state index in [-0.39, 0.29) is 11.5 Å². The van der Waals surface area contributed by atoms with Gasteiger partial charge in [0.05, 0.1) is 0 Å². The number of aryl methyl sites for hydroxylation is 1. The monoisotopic (exact) mass is 403 g/mol. The number of nitrogen functional groups attached to an aromatic ring is 1. The molecule has 0 aliphatic heterocycles. The molecule has 0 bridgehead atoms. The van der Waals surface area contributed by atoms with Crippen LogP contribution in [-0.2, 0) is 6.54 Å². The van der Waals surface area contributed by atoms with Gasteiger partial charge in [-0.2, -0.15) is 0 Å². The van der Waals surface area contributed by atoms with Crippen molar-refractivity contribution in [2.24, 2.45) is 0 Å². The minimum absolute atomic E-state index is 0.146. The van der Waals surface area contributed by atoms with Crippen molar-refractivity contribution < 1.29 is 0 Å². The fourth-order valence-corrected chi connectivity index (χ4v) is 3.20. The van der Waals surface area contributed by atoms with E-state index < -0.39 is 11.2 Å². The molecule has 1 aromatic carbocycles. The minimum atomic E-state index is -0.528. The van der Waals surface area contributed by atoms with Crippen LogP contribution in [0.5, 0.6) is 0 Å². The van der Waals surface area contributed by atoms with Crippen molar-refractivity contribution in [1.82, 2.24) is 9.55 Å². The number of thiocarbonyl (C=S) groups is 1. The molecule has 0 saturated carbocycles. The largest absolute Gasteiger partial charge is 0.383 e. The quantitative estimate of drug-likeness (QED) is 0.586. The van der Waals surface area contributed by atoms with Gasteiger partial charge < -0.3 is 16.0 Å². The second-order valence-corrected chi connectivity index (χ2v) is 7.14. The fourth-order valence-electron chi connectivity index (χ4n) is 2.90. The van der Waals surface area contributed by atoms with Gasteiger partial charge in [0.25, 0.3) is 5.56 Å². The summed E-state index contributed by atoms with van der Waals surface area (Å²) < 4.78 is 1.41. The number of nitrogens with zero attached hydrogens (tertiary/aromatic N) is 2. The first-order chi connectivity index (χ1) is 13.4. The summed E-state index contributed by atoms with van der Waals surface area (Å²) >= 11 is 5.61. The van der Waals surface area contributed by atoms with Gasteiger partial charge in [-0.25, -0.2) is 4.79 Å². The third kappa shape index (κ3) is 5.01.